The van der Waals surface area contributed by atoms with Crippen LogP contribution in [0.5, 0.6) is 11.5 Å². The van der Waals surface area contributed by atoms with Crippen LogP contribution >= 0.6 is 0 Å². The molecule has 0 radical (unpaired) electrons. The Hall–Kier alpha value is -4.62. The first-order valence-corrected chi connectivity index (χ1v) is 33.2. The van der Waals surface area contributed by atoms with Crippen molar-refractivity contribution in [3.05, 3.63) is 33.9 Å². The third kappa shape index (κ3) is 34.8. The number of allylic oxidation sites excluding steroid dienone is 2. The molecule has 0 fully saturated rings. The number of unbranched alkanes of at least 4 members (excludes halogenated alkanes) is 29. The SMILES string of the molecule is CCCCCCCCCCCCCCCC(=O)OCC(COC(=O)CCCCCCCCCCCCCCC)OC(=O)C(C)CCCCCCCCC(C)C(=O)OCCOc1c(C/C=C(\C)CCC(=O)OC)c(OC)c(C)c2c1C(=O)OC2. The summed E-state index contributed by atoms with van der Waals surface area (Å²) in [4.78, 5) is 76.5. The van der Waals surface area contributed by atoms with E-state index in [1.807, 2.05) is 33.8 Å². The molecule has 0 saturated heterocycles. The zero-order valence-corrected chi connectivity index (χ0v) is 53.6. The van der Waals surface area contributed by atoms with E-state index in [0.717, 1.165) is 88.2 Å². The fourth-order valence-corrected chi connectivity index (χ4v) is 10.7. The third-order valence-electron chi connectivity index (χ3n) is 16.2. The van der Waals surface area contributed by atoms with Gasteiger partial charge in [-0.1, -0.05) is 232 Å². The van der Waals surface area contributed by atoms with Crippen LogP contribution in [-0.4, -0.2) is 82.6 Å². The number of hydrogen-bond acceptors (Lipinski definition) is 14. The van der Waals surface area contributed by atoms with E-state index in [1.54, 1.807) is 7.11 Å². The summed E-state index contributed by atoms with van der Waals surface area (Å²) < 4.78 is 44.9. The Balaban J connectivity index is 1.74. The van der Waals surface area contributed by atoms with E-state index in [-0.39, 0.29) is 81.1 Å². The van der Waals surface area contributed by atoms with Crippen molar-refractivity contribution in [3.8, 4) is 11.5 Å². The number of rotatable bonds is 54. The van der Waals surface area contributed by atoms with Gasteiger partial charge < -0.3 is 37.9 Å². The lowest BCUT2D eigenvalue weighted by atomic mass is 9.94. The highest BCUT2D eigenvalue weighted by Crippen LogP contribution is 2.43. The van der Waals surface area contributed by atoms with Crippen LogP contribution in [0.2, 0.25) is 0 Å². The first-order chi connectivity index (χ1) is 40.3. The van der Waals surface area contributed by atoms with Crippen LogP contribution < -0.4 is 9.47 Å². The second-order valence-corrected chi connectivity index (χ2v) is 23.7. The number of cyclic esters (lactones) is 1. The minimum atomic E-state index is -0.862. The summed E-state index contributed by atoms with van der Waals surface area (Å²) in [6.07, 6.45) is 41.7. The Labute approximate surface area is 503 Å². The number of hydrogen-bond donors (Lipinski definition) is 0. The Bertz CT molecular complexity index is 1930. The molecule has 1 aromatic rings. The van der Waals surface area contributed by atoms with Gasteiger partial charge in [0.15, 0.2) is 6.10 Å². The summed E-state index contributed by atoms with van der Waals surface area (Å²) in [6, 6.07) is 0. The zero-order chi connectivity index (χ0) is 60.7. The van der Waals surface area contributed by atoms with E-state index in [9.17, 15) is 28.8 Å². The topological polar surface area (TPSA) is 176 Å². The summed E-state index contributed by atoms with van der Waals surface area (Å²) in [5, 5.41) is 0. The maximum atomic E-state index is 13.3. The fraction of sp³-hybridized carbons (Fsp3) is 0.797. The summed E-state index contributed by atoms with van der Waals surface area (Å²) in [5.41, 5.74) is 3.52. The molecule has 0 spiro atoms. The average molecular weight is 1170 g/mol. The molecular weight excluding hydrogens is 1050 g/mol. The quantitative estimate of drug-likeness (QED) is 0.0260. The number of fused-ring (bicyclic) bond motifs is 1. The van der Waals surface area contributed by atoms with Crippen molar-refractivity contribution in [1.82, 2.24) is 0 Å². The van der Waals surface area contributed by atoms with Crippen molar-refractivity contribution in [3.63, 3.8) is 0 Å². The van der Waals surface area contributed by atoms with Gasteiger partial charge in [0, 0.05) is 30.4 Å². The van der Waals surface area contributed by atoms with E-state index in [0.29, 0.717) is 66.7 Å². The fourth-order valence-electron chi connectivity index (χ4n) is 10.7. The van der Waals surface area contributed by atoms with Gasteiger partial charge in [-0.25, -0.2) is 4.79 Å². The molecule has 0 aromatic heterocycles. The Morgan fingerprint density at radius 2 is 0.952 bits per heavy atom. The molecule has 2 rings (SSSR count). The number of methoxy groups -OCH3 is 2. The summed E-state index contributed by atoms with van der Waals surface area (Å²) >= 11 is 0. The predicted octanol–water partition coefficient (Wildman–Crippen LogP) is 17.4. The molecule has 0 aliphatic carbocycles. The highest BCUT2D eigenvalue weighted by atomic mass is 16.6. The van der Waals surface area contributed by atoms with Gasteiger partial charge in [-0.05, 0) is 57.9 Å². The van der Waals surface area contributed by atoms with Gasteiger partial charge in [-0.15, -0.1) is 0 Å². The molecule has 83 heavy (non-hydrogen) atoms. The van der Waals surface area contributed by atoms with Gasteiger partial charge in [-0.2, -0.15) is 0 Å². The van der Waals surface area contributed by atoms with Gasteiger partial charge in [0.1, 0.15) is 50.1 Å². The van der Waals surface area contributed by atoms with E-state index >= 15 is 0 Å². The molecule has 0 amide bonds. The first-order valence-electron chi connectivity index (χ1n) is 33.2. The van der Waals surface area contributed by atoms with E-state index in [4.69, 9.17) is 37.9 Å². The van der Waals surface area contributed by atoms with E-state index in [2.05, 4.69) is 13.8 Å². The molecule has 1 aliphatic rings. The largest absolute Gasteiger partial charge is 0.496 e. The summed E-state index contributed by atoms with van der Waals surface area (Å²) in [7, 11) is 2.94. The van der Waals surface area contributed by atoms with Crippen molar-refractivity contribution in [1.29, 1.82) is 0 Å². The normalized spacial score (nSPS) is 12.9. The molecule has 14 heteroatoms. The molecular formula is C69H116O14. The molecule has 0 saturated carbocycles. The second-order valence-electron chi connectivity index (χ2n) is 23.7. The number of carbonyl (C=O) groups is 6. The van der Waals surface area contributed by atoms with Gasteiger partial charge in [0.25, 0.3) is 0 Å². The maximum absolute atomic E-state index is 13.3. The van der Waals surface area contributed by atoms with E-state index in [1.165, 1.54) is 136 Å². The third-order valence-corrected chi connectivity index (χ3v) is 16.2. The molecule has 2 unspecified atom stereocenters. The first kappa shape index (κ1) is 74.5. The number of ether oxygens (including phenoxy) is 8. The lowest BCUT2D eigenvalue weighted by molar-refractivity contribution is -0.169. The lowest BCUT2D eigenvalue weighted by Gasteiger charge is -2.20. The van der Waals surface area contributed by atoms with Crippen molar-refractivity contribution < 1.29 is 66.7 Å². The van der Waals surface area contributed by atoms with Crippen molar-refractivity contribution >= 4 is 35.8 Å². The van der Waals surface area contributed by atoms with Crippen molar-refractivity contribution in [2.24, 2.45) is 11.8 Å². The predicted molar refractivity (Wildman–Crippen MR) is 330 cm³/mol. The maximum Gasteiger partial charge on any atom is 0.342 e. The minimum absolute atomic E-state index is 0.00325. The monoisotopic (exact) mass is 1170 g/mol. The molecule has 0 bridgehead atoms. The molecule has 2 atom stereocenters. The van der Waals surface area contributed by atoms with Crippen LogP contribution in [0.15, 0.2) is 11.6 Å². The van der Waals surface area contributed by atoms with Gasteiger partial charge in [0.05, 0.1) is 26.1 Å². The molecule has 14 nitrogen and oxygen atoms in total. The van der Waals surface area contributed by atoms with Crippen LogP contribution in [0, 0.1) is 18.8 Å². The molecule has 476 valence electrons. The van der Waals surface area contributed by atoms with Crippen LogP contribution in [0.4, 0.5) is 0 Å². The Kier molecular flexibility index (Phi) is 43.6. The number of benzene rings is 1. The number of esters is 6. The summed E-state index contributed by atoms with van der Waals surface area (Å²) in [5.74, 6) is -1.82. The molecule has 1 heterocycles. The summed E-state index contributed by atoms with van der Waals surface area (Å²) in [6.45, 7) is 11.9. The van der Waals surface area contributed by atoms with Gasteiger partial charge in [0.2, 0.25) is 0 Å². The van der Waals surface area contributed by atoms with Crippen LogP contribution in [0.25, 0.3) is 0 Å². The standard InChI is InChI=1S/C69H116O14/c1-9-11-13-15-17-19-21-23-25-27-29-35-39-43-62(71)80-51-58(52-81-63(72)44-40-36-30-28-26-24-22-20-18-16-14-12-10-2)83-68(74)56(5)42-38-34-32-31-33-37-41-55(4)67(73)79-50-49-78-66-59(47-45-54(3)46-48-61(70)76-7)65(77-8)57(6)60-53-82-69(75)64(60)66/h45,55-56,58H,9-44,46-53H2,1-8H3/b54-45+. The van der Waals surface area contributed by atoms with Crippen molar-refractivity contribution in [2.45, 2.75) is 305 Å². The number of carbonyl (C=O) groups excluding carboxylic acids is 6. The smallest absolute Gasteiger partial charge is 0.342 e. The Morgan fingerprint density at radius 1 is 0.518 bits per heavy atom. The minimum Gasteiger partial charge on any atom is -0.496 e. The average Bonchev–Trinajstić information content (AvgIpc) is 2.67. The highest BCUT2D eigenvalue weighted by Gasteiger charge is 2.33. The van der Waals surface area contributed by atoms with Crippen molar-refractivity contribution in [2.75, 3.05) is 40.6 Å². The second kappa shape index (κ2) is 48.6. The zero-order valence-electron chi connectivity index (χ0n) is 53.6. The Morgan fingerprint density at radius 3 is 1.40 bits per heavy atom. The van der Waals surface area contributed by atoms with Gasteiger partial charge in [-0.3, -0.25) is 24.0 Å². The molecule has 1 aliphatic heterocycles. The van der Waals surface area contributed by atoms with Crippen LogP contribution in [0.1, 0.15) is 306 Å². The highest BCUT2D eigenvalue weighted by molar-refractivity contribution is 5.98. The molecule has 0 N–H and O–H groups in total. The molecule has 1 aromatic carbocycles. The van der Waals surface area contributed by atoms with Crippen LogP contribution in [0.3, 0.4) is 0 Å². The van der Waals surface area contributed by atoms with E-state index < -0.39 is 12.1 Å². The van der Waals surface area contributed by atoms with Crippen LogP contribution in [-0.2, 0) is 65.4 Å². The van der Waals surface area contributed by atoms with Gasteiger partial charge >= 0.3 is 35.8 Å². The lowest BCUT2D eigenvalue weighted by Crippen LogP contribution is -2.32.